The number of carboxylic acid groups (broad SMARTS) is 1. The Balaban J connectivity index is 2.61. The molecule has 0 aliphatic carbocycles. The summed E-state index contributed by atoms with van der Waals surface area (Å²) in [6.07, 6.45) is 1.44. The van der Waals surface area contributed by atoms with Crippen LogP contribution in [0.2, 0.25) is 0 Å². The number of carbonyl (C=O) groups excluding carboxylic acids is 2. The van der Waals surface area contributed by atoms with Gasteiger partial charge in [-0.25, -0.2) is 0 Å². The maximum Gasteiger partial charge on any atom is 0.323 e. The molecule has 0 aliphatic rings. The lowest BCUT2D eigenvalue weighted by atomic mass is 10.1. The van der Waals surface area contributed by atoms with Crippen molar-refractivity contribution >= 4 is 28.8 Å². The summed E-state index contributed by atoms with van der Waals surface area (Å²) in [5, 5.41) is 9.39. The molecule has 2 aromatic heterocycles. The lowest BCUT2D eigenvalue weighted by Gasteiger charge is -2.03. The van der Waals surface area contributed by atoms with Gasteiger partial charge in [-0.3, -0.25) is 14.4 Å². The molecule has 0 saturated carbocycles. The van der Waals surface area contributed by atoms with Gasteiger partial charge in [0.05, 0.1) is 0 Å². The predicted molar refractivity (Wildman–Crippen MR) is 68.7 cm³/mol. The average Bonchev–Trinajstić information content (AvgIpc) is 2.66. The van der Waals surface area contributed by atoms with Crippen molar-refractivity contribution in [2.75, 3.05) is 0 Å². The lowest BCUT2D eigenvalue weighted by Crippen LogP contribution is -2.09. The van der Waals surface area contributed by atoms with Crippen LogP contribution in [0.25, 0.3) is 11.0 Å². The number of fused-ring (bicyclic) bond motifs is 1. The zero-order chi connectivity index (χ0) is 14.9. The van der Waals surface area contributed by atoms with Crippen molar-refractivity contribution in [2.24, 2.45) is 0 Å². The van der Waals surface area contributed by atoms with Crippen LogP contribution < -0.4 is 4.74 Å². The van der Waals surface area contributed by atoms with Gasteiger partial charge in [-0.05, 0) is 13.0 Å². The minimum atomic E-state index is -1.06. The van der Waals surface area contributed by atoms with Gasteiger partial charge in [-0.2, -0.15) is 4.98 Å². The molecule has 0 unspecified atom stereocenters. The fourth-order valence-corrected chi connectivity index (χ4v) is 1.90. The van der Waals surface area contributed by atoms with Crippen LogP contribution in [-0.4, -0.2) is 32.4 Å². The molecule has 0 atom stereocenters. The van der Waals surface area contributed by atoms with Crippen molar-refractivity contribution < 1.29 is 24.2 Å². The number of aliphatic carboxylic acids is 1. The zero-order valence-corrected chi connectivity index (χ0v) is 10.9. The Hall–Kier alpha value is -2.70. The molecular weight excluding hydrogens is 264 g/mol. The van der Waals surface area contributed by atoms with Gasteiger partial charge in [0.25, 0.3) is 0 Å². The lowest BCUT2D eigenvalue weighted by molar-refractivity contribution is -0.137. The Labute approximate surface area is 113 Å². The number of carbonyl (C=O) groups is 3. The SMILES string of the molecule is CC(=O)Oc1ccc2c(C(C)=O)cn(CC(=O)O)c2n1. The third kappa shape index (κ3) is 2.66. The standard InChI is InChI=1S/C13H12N2O5/c1-7(16)10-5-15(6-12(18)19)13-9(10)3-4-11(14-13)20-8(2)17/h3-5H,6H2,1-2H3,(H,18,19). The fraction of sp³-hybridized carbons (Fsp3) is 0.231. The fourth-order valence-electron chi connectivity index (χ4n) is 1.90. The average molecular weight is 276 g/mol. The van der Waals surface area contributed by atoms with E-state index in [0.717, 1.165) is 0 Å². The van der Waals surface area contributed by atoms with E-state index in [1.807, 2.05) is 0 Å². The van der Waals surface area contributed by atoms with Crippen LogP contribution in [0.4, 0.5) is 0 Å². The van der Waals surface area contributed by atoms with Crippen LogP contribution >= 0.6 is 0 Å². The highest BCUT2D eigenvalue weighted by molar-refractivity contribution is 6.06. The summed E-state index contributed by atoms with van der Waals surface area (Å²) in [5.74, 6) is -1.72. The number of Topliss-reactive ketones (excluding diaryl/α,β-unsaturated/α-hetero) is 1. The third-order valence-electron chi connectivity index (χ3n) is 2.63. The number of rotatable bonds is 4. The van der Waals surface area contributed by atoms with E-state index >= 15 is 0 Å². The molecule has 7 nitrogen and oxygen atoms in total. The number of esters is 1. The Bertz CT molecular complexity index is 717. The first-order valence-corrected chi connectivity index (χ1v) is 5.79. The van der Waals surface area contributed by atoms with Crippen LogP contribution in [0.3, 0.4) is 0 Å². The van der Waals surface area contributed by atoms with Gasteiger partial charge in [0.2, 0.25) is 5.88 Å². The van der Waals surface area contributed by atoms with Gasteiger partial charge in [0.15, 0.2) is 5.78 Å². The van der Waals surface area contributed by atoms with Crippen molar-refractivity contribution in [3.8, 4) is 5.88 Å². The highest BCUT2D eigenvalue weighted by Crippen LogP contribution is 2.23. The van der Waals surface area contributed by atoms with Gasteiger partial charge < -0.3 is 14.4 Å². The van der Waals surface area contributed by atoms with Crippen LogP contribution in [0.5, 0.6) is 5.88 Å². The quantitative estimate of drug-likeness (QED) is 0.666. The van der Waals surface area contributed by atoms with Crippen LogP contribution in [0.1, 0.15) is 24.2 Å². The van der Waals surface area contributed by atoms with E-state index in [1.54, 1.807) is 6.07 Å². The number of ether oxygens (including phenoxy) is 1. The summed E-state index contributed by atoms with van der Waals surface area (Å²) >= 11 is 0. The molecule has 2 aromatic rings. The van der Waals surface area contributed by atoms with Crippen molar-refractivity contribution in [3.63, 3.8) is 0 Å². The van der Waals surface area contributed by atoms with E-state index in [0.29, 0.717) is 10.9 Å². The molecule has 0 aliphatic heterocycles. The number of ketones is 1. The molecule has 1 N–H and O–H groups in total. The van der Waals surface area contributed by atoms with Gasteiger partial charge >= 0.3 is 11.9 Å². The molecule has 104 valence electrons. The number of hydrogen-bond donors (Lipinski definition) is 1. The molecule has 0 amide bonds. The van der Waals surface area contributed by atoms with Gasteiger partial charge in [0.1, 0.15) is 12.2 Å². The number of nitrogens with zero attached hydrogens (tertiary/aromatic N) is 2. The predicted octanol–water partition coefficient (Wildman–Crippen LogP) is 1.25. The van der Waals surface area contributed by atoms with Crippen molar-refractivity contribution in [2.45, 2.75) is 20.4 Å². The Kier molecular flexibility index (Phi) is 3.51. The molecule has 0 aromatic carbocycles. The Morgan fingerprint density at radius 1 is 1.30 bits per heavy atom. The second-order valence-corrected chi connectivity index (χ2v) is 4.23. The zero-order valence-electron chi connectivity index (χ0n) is 10.9. The molecule has 7 heteroatoms. The van der Waals surface area contributed by atoms with E-state index < -0.39 is 11.9 Å². The number of hydrogen-bond acceptors (Lipinski definition) is 5. The van der Waals surface area contributed by atoms with Crippen molar-refractivity contribution in [3.05, 3.63) is 23.9 Å². The van der Waals surface area contributed by atoms with E-state index in [1.165, 1.54) is 30.7 Å². The minimum Gasteiger partial charge on any atom is -0.480 e. The summed E-state index contributed by atoms with van der Waals surface area (Å²) in [7, 11) is 0. The van der Waals surface area contributed by atoms with Gasteiger partial charge in [0, 0.05) is 30.1 Å². The Morgan fingerprint density at radius 3 is 2.55 bits per heavy atom. The normalized spacial score (nSPS) is 10.5. The summed E-state index contributed by atoms with van der Waals surface area (Å²) in [6.45, 7) is 2.29. The Morgan fingerprint density at radius 2 is 2.00 bits per heavy atom. The van der Waals surface area contributed by atoms with Crippen molar-refractivity contribution in [1.29, 1.82) is 0 Å². The summed E-state index contributed by atoms with van der Waals surface area (Å²) in [4.78, 5) is 37.4. The second kappa shape index (κ2) is 5.12. The third-order valence-corrected chi connectivity index (χ3v) is 2.63. The highest BCUT2D eigenvalue weighted by atomic mass is 16.5. The first-order valence-electron chi connectivity index (χ1n) is 5.79. The van der Waals surface area contributed by atoms with E-state index in [-0.39, 0.29) is 23.9 Å². The molecule has 2 rings (SSSR count). The molecule has 0 bridgehead atoms. The van der Waals surface area contributed by atoms with Crippen LogP contribution in [-0.2, 0) is 16.1 Å². The van der Waals surface area contributed by atoms with Crippen LogP contribution in [0, 0.1) is 0 Å². The highest BCUT2D eigenvalue weighted by Gasteiger charge is 2.16. The van der Waals surface area contributed by atoms with Crippen molar-refractivity contribution in [1.82, 2.24) is 9.55 Å². The number of aromatic nitrogens is 2. The summed E-state index contributed by atoms with van der Waals surface area (Å²) in [6, 6.07) is 3.04. The largest absolute Gasteiger partial charge is 0.480 e. The van der Waals surface area contributed by atoms with E-state index in [9.17, 15) is 14.4 Å². The molecule has 0 fully saturated rings. The second-order valence-electron chi connectivity index (χ2n) is 4.23. The topological polar surface area (TPSA) is 98.5 Å². The molecule has 2 heterocycles. The van der Waals surface area contributed by atoms with E-state index in [2.05, 4.69) is 4.98 Å². The van der Waals surface area contributed by atoms with Gasteiger partial charge in [-0.15, -0.1) is 0 Å². The molecule has 0 radical (unpaired) electrons. The monoisotopic (exact) mass is 276 g/mol. The summed E-state index contributed by atoms with van der Waals surface area (Å²) < 4.78 is 6.19. The number of carboxylic acids is 1. The first-order chi connectivity index (χ1) is 9.38. The maximum absolute atomic E-state index is 11.5. The minimum absolute atomic E-state index is 0.0600. The summed E-state index contributed by atoms with van der Waals surface area (Å²) in [5.41, 5.74) is 0.666. The van der Waals surface area contributed by atoms with Gasteiger partial charge in [-0.1, -0.05) is 0 Å². The molecule has 20 heavy (non-hydrogen) atoms. The first kappa shape index (κ1) is 13.7. The molecule has 0 saturated heterocycles. The van der Waals surface area contributed by atoms with E-state index in [4.69, 9.17) is 9.84 Å². The molecular formula is C13H12N2O5. The van der Waals surface area contributed by atoms with Crippen LogP contribution in [0.15, 0.2) is 18.3 Å². The maximum atomic E-state index is 11.5. The number of pyridine rings is 1. The smallest absolute Gasteiger partial charge is 0.323 e. The molecule has 0 spiro atoms.